The number of hydrogen-bond donors (Lipinski definition) is 3. The maximum atomic E-state index is 13.1. The zero-order valence-electron chi connectivity index (χ0n) is 14.5. The SMILES string of the molecule is C=C1NC=C(C(=O)c2ccc(-n3ccnc3)cc2)C(c2ccc(O)cc2)N1. The maximum Gasteiger partial charge on any atom is 0.192 e. The average molecular weight is 358 g/mol. The summed E-state index contributed by atoms with van der Waals surface area (Å²) in [4.78, 5) is 17.1. The summed E-state index contributed by atoms with van der Waals surface area (Å²) in [5, 5.41) is 15.7. The molecule has 3 N–H and O–H groups in total. The number of nitrogens with one attached hydrogen (secondary N) is 2. The van der Waals surface area contributed by atoms with Crippen molar-refractivity contribution in [1.82, 2.24) is 20.2 Å². The second-order valence-corrected chi connectivity index (χ2v) is 6.24. The molecular formula is C21H18N4O2. The highest BCUT2D eigenvalue weighted by atomic mass is 16.3. The van der Waals surface area contributed by atoms with Gasteiger partial charge in [0.2, 0.25) is 0 Å². The molecule has 0 bridgehead atoms. The molecule has 6 heteroatoms. The van der Waals surface area contributed by atoms with Gasteiger partial charge in [-0.3, -0.25) is 4.79 Å². The number of imidazole rings is 1. The van der Waals surface area contributed by atoms with Crippen molar-refractivity contribution in [2.45, 2.75) is 6.04 Å². The van der Waals surface area contributed by atoms with Gasteiger partial charge in [-0.2, -0.15) is 0 Å². The van der Waals surface area contributed by atoms with E-state index in [1.807, 2.05) is 22.9 Å². The first kappa shape index (κ1) is 16.7. The number of Topliss-reactive ketones (excluding diaryl/α,β-unsaturated/α-hetero) is 1. The molecule has 0 aliphatic carbocycles. The van der Waals surface area contributed by atoms with Crippen molar-refractivity contribution in [3.63, 3.8) is 0 Å². The van der Waals surface area contributed by atoms with Crippen LogP contribution in [0.1, 0.15) is 22.0 Å². The van der Waals surface area contributed by atoms with Crippen LogP contribution >= 0.6 is 0 Å². The van der Waals surface area contributed by atoms with Gasteiger partial charge in [0.15, 0.2) is 5.78 Å². The Hall–Kier alpha value is -3.80. The summed E-state index contributed by atoms with van der Waals surface area (Å²) in [5.74, 6) is 0.705. The number of aromatic nitrogens is 2. The third-order valence-corrected chi connectivity index (χ3v) is 4.45. The van der Waals surface area contributed by atoms with Crippen LogP contribution in [0, 0.1) is 0 Å². The Bertz CT molecular complexity index is 1000. The quantitative estimate of drug-likeness (QED) is 0.625. The van der Waals surface area contributed by atoms with Crippen LogP contribution in [0.25, 0.3) is 5.69 Å². The van der Waals surface area contributed by atoms with Crippen molar-refractivity contribution in [2.75, 3.05) is 0 Å². The molecule has 6 nitrogen and oxygen atoms in total. The Morgan fingerprint density at radius 2 is 1.85 bits per heavy atom. The largest absolute Gasteiger partial charge is 0.508 e. The average Bonchev–Trinajstić information content (AvgIpc) is 3.23. The lowest BCUT2D eigenvalue weighted by atomic mass is 9.91. The fourth-order valence-electron chi connectivity index (χ4n) is 3.03. The Morgan fingerprint density at radius 3 is 2.52 bits per heavy atom. The molecule has 27 heavy (non-hydrogen) atoms. The van der Waals surface area contributed by atoms with Gasteiger partial charge >= 0.3 is 0 Å². The van der Waals surface area contributed by atoms with Crippen LogP contribution < -0.4 is 10.6 Å². The molecule has 0 saturated heterocycles. The van der Waals surface area contributed by atoms with Gasteiger partial charge in [0.1, 0.15) is 5.75 Å². The van der Waals surface area contributed by atoms with Crippen LogP contribution in [0.4, 0.5) is 0 Å². The van der Waals surface area contributed by atoms with E-state index in [1.54, 1.807) is 55.1 Å². The van der Waals surface area contributed by atoms with Crippen molar-refractivity contribution in [1.29, 1.82) is 0 Å². The molecule has 1 aromatic heterocycles. The molecule has 1 atom stereocenters. The fraction of sp³-hybridized carbons (Fsp3) is 0.0476. The molecule has 0 fully saturated rings. The molecule has 1 unspecified atom stereocenters. The summed E-state index contributed by atoms with van der Waals surface area (Å²) in [6.07, 6.45) is 6.95. The maximum absolute atomic E-state index is 13.1. The van der Waals surface area contributed by atoms with E-state index < -0.39 is 0 Å². The Labute approximate surface area is 156 Å². The van der Waals surface area contributed by atoms with Crippen molar-refractivity contribution in [3.05, 3.63) is 103 Å². The highest BCUT2D eigenvalue weighted by Gasteiger charge is 2.27. The van der Waals surface area contributed by atoms with Crippen LogP contribution in [-0.4, -0.2) is 20.4 Å². The number of phenols is 1. The number of carbonyl (C=O) groups excluding carboxylic acids is 1. The summed E-state index contributed by atoms with van der Waals surface area (Å²) >= 11 is 0. The van der Waals surface area contributed by atoms with E-state index in [9.17, 15) is 9.90 Å². The number of phenolic OH excluding ortho intramolecular Hbond substituents is 1. The topological polar surface area (TPSA) is 79.2 Å². The molecule has 1 aliphatic rings. The minimum Gasteiger partial charge on any atom is -0.508 e. The first-order chi connectivity index (χ1) is 13.1. The summed E-state index contributed by atoms with van der Waals surface area (Å²) in [7, 11) is 0. The van der Waals surface area contributed by atoms with Crippen LogP contribution in [-0.2, 0) is 0 Å². The van der Waals surface area contributed by atoms with E-state index >= 15 is 0 Å². The van der Waals surface area contributed by atoms with Crippen molar-refractivity contribution >= 4 is 5.78 Å². The minimum atomic E-state index is -0.347. The third kappa shape index (κ3) is 3.32. The normalized spacial score (nSPS) is 16.2. The van der Waals surface area contributed by atoms with Gasteiger partial charge in [-0.25, -0.2) is 4.98 Å². The molecule has 0 amide bonds. The summed E-state index contributed by atoms with van der Waals surface area (Å²) in [6.45, 7) is 3.88. The van der Waals surface area contributed by atoms with Crippen molar-refractivity contribution < 1.29 is 9.90 Å². The van der Waals surface area contributed by atoms with E-state index in [1.165, 1.54) is 0 Å². The van der Waals surface area contributed by atoms with Gasteiger partial charge in [0, 0.05) is 35.4 Å². The molecule has 134 valence electrons. The molecule has 2 aromatic carbocycles. The number of hydrogen-bond acceptors (Lipinski definition) is 5. The van der Waals surface area contributed by atoms with Crippen molar-refractivity contribution in [3.8, 4) is 11.4 Å². The zero-order valence-corrected chi connectivity index (χ0v) is 14.5. The standard InChI is InChI=1S/C21H18N4O2/c1-14-23-12-19(20(24-14)15-4-8-18(26)9-5-15)21(27)16-2-6-17(7-3-16)25-11-10-22-13-25/h2-13,20,23-24,26H,1H2. The Kier molecular flexibility index (Phi) is 4.22. The van der Waals surface area contributed by atoms with Gasteiger partial charge in [-0.1, -0.05) is 18.7 Å². The molecule has 0 saturated carbocycles. The predicted octanol–water partition coefficient (Wildman–Crippen LogP) is 3.05. The van der Waals surface area contributed by atoms with Crippen LogP contribution in [0.3, 0.4) is 0 Å². The second kappa shape index (κ2) is 6.84. The molecule has 4 rings (SSSR count). The fourth-order valence-corrected chi connectivity index (χ4v) is 3.03. The summed E-state index contributed by atoms with van der Waals surface area (Å²) in [5.41, 5.74) is 2.96. The highest BCUT2D eigenvalue weighted by Crippen LogP contribution is 2.29. The van der Waals surface area contributed by atoms with E-state index in [0.29, 0.717) is 17.0 Å². The van der Waals surface area contributed by atoms with E-state index in [-0.39, 0.29) is 17.6 Å². The lowest BCUT2D eigenvalue weighted by Crippen LogP contribution is -2.35. The summed E-state index contributed by atoms with van der Waals surface area (Å²) < 4.78 is 1.88. The van der Waals surface area contributed by atoms with E-state index in [0.717, 1.165) is 11.3 Å². The lowest BCUT2D eigenvalue weighted by Gasteiger charge is -2.28. The van der Waals surface area contributed by atoms with E-state index in [4.69, 9.17) is 0 Å². The minimum absolute atomic E-state index is 0.0854. The number of carbonyl (C=O) groups is 1. The second-order valence-electron chi connectivity index (χ2n) is 6.24. The first-order valence-corrected chi connectivity index (χ1v) is 8.46. The van der Waals surface area contributed by atoms with E-state index in [2.05, 4.69) is 22.2 Å². The smallest absolute Gasteiger partial charge is 0.192 e. The summed E-state index contributed by atoms with van der Waals surface area (Å²) in [6, 6.07) is 13.8. The number of rotatable bonds is 4. The molecule has 1 aliphatic heterocycles. The molecule has 0 radical (unpaired) electrons. The van der Waals surface area contributed by atoms with Crippen LogP contribution in [0.5, 0.6) is 5.75 Å². The molecule has 0 spiro atoms. The Balaban J connectivity index is 1.64. The van der Waals surface area contributed by atoms with Crippen LogP contribution in [0.15, 0.2) is 91.4 Å². The van der Waals surface area contributed by atoms with Gasteiger partial charge in [0.05, 0.1) is 18.2 Å². The Morgan fingerprint density at radius 1 is 1.11 bits per heavy atom. The number of benzene rings is 2. The van der Waals surface area contributed by atoms with Gasteiger partial charge in [-0.15, -0.1) is 0 Å². The zero-order chi connectivity index (χ0) is 18.8. The molecular weight excluding hydrogens is 340 g/mol. The first-order valence-electron chi connectivity index (χ1n) is 8.46. The molecule has 2 heterocycles. The van der Waals surface area contributed by atoms with Gasteiger partial charge in [-0.05, 0) is 42.0 Å². The highest BCUT2D eigenvalue weighted by molar-refractivity contribution is 6.09. The monoisotopic (exact) mass is 358 g/mol. The third-order valence-electron chi connectivity index (χ3n) is 4.45. The van der Waals surface area contributed by atoms with Crippen molar-refractivity contribution in [2.24, 2.45) is 0 Å². The number of ketones is 1. The lowest BCUT2D eigenvalue weighted by molar-refractivity contribution is 0.102. The van der Waals surface area contributed by atoms with Gasteiger partial charge in [0.25, 0.3) is 0 Å². The predicted molar refractivity (Wildman–Crippen MR) is 102 cm³/mol. The molecule has 3 aromatic rings. The number of nitrogens with zero attached hydrogens (tertiary/aromatic N) is 2. The van der Waals surface area contributed by atoms with Gasteiger partial charge < -0.3 is 20.3 Å². The number of aromatic hydroxyl groups is 1. The van der Waals surface area contributed by atoms with Crippen LogP contribution in [0.2, 0.25) is 0 Å².